The number of hydrogen-bond donors (Lipinski definition) is 2. The van der Waals surface area contributed by atoms with Gasteiger partial charge in [0.15, 0.2) is 0 Å². The minimum absolute atomic E-state index is 0.0464. The van der Waals surface area contributed by atoms with Crippen molar-refractivity contribution in [1.82, 2.24) is 15.1 Å². The predicted octanol–water partition coefficient (Wildman–Crippen LogP) is 3.29. The van der Waals surface area contributed by atoms with Gasteiger partial charge < -0.3 is 10.6 Å². The van der Waals surface area contributed by atoms with Crippen molar-refractivity contribution in [3.63, 3.8) is 0 Å². The van der Waals surface area contributed by atoms with Crippen molar-refractivity contribution in [2.24, 2.45) is 5.92 Å². The van der Waals surface area contributed by atoms with Crippen molar-refractivity contribution in [3.8, 4) is 5.69 Å². The molecule has 0 spiro atoms. The summed E-state index contributed by atoms with van der Waals surface area (Å²) in [5, 5.41) is 9.69. The van der Waals surface area contributed by atoms with Crippen LogP contribution in [0.2, 0.25) is 0 Å². The highest BCUT2D eigenvalue weighted by Crippen LogP contribution is 2.13. The summed E-state index contributed by atoms with van der Waals surface area (Å²) < 4.78 is 14.2. The minimum atomic E-state index is -0.468. The molecule has 2 N–H and O–H groups in total. The van der Waals surface area contributed by atoms with E-state index in [1.807, 2.05) is 19.9 Å². The van der Waals surface area contributed by atoms with Crippen LogP contribution in [0.4, 0.5) is 10.1 Å². The Morgan fingerprint density at radius 3 is 2.55 bits per heavy atom. The average Bonchev–Trinajstić information content (AvgIpc) is 2.78. The molecule has 2 amide bonds. The Balaban J connectivity index is 1.69. The first-order chi connectivity index (χ1) is 14.9. The molecule has 3 aromatic rings. The van der Waals surface area contributed by atoms with E-state index in [0.29, 0.717) is 11.4 Å². The normalized spacial score (nSPS) is 11.6. The molecule has 0 fully saturated rings. The molecule has 160 valence electrons. The van der Waals surface area contributed by atoms with E-state index < -0.39 is 17.3 Å². The van der Waals surface area contributed by atoms with Crippen molar-refractivity contribution < 1.29 is 14.0 Å². The van der Waals surface area contributed by atoms with Crippen molar-refractivity contribution >= 4 is 17.5 Å². The molecule has 7 nitrogen and oxygen atoms in total. The number of aromatic nitrogens is 2. The van der Waals surface area contributed by atoms with Crippen LogP contribution in [0.15, 0.2) is 65.5 Å². The molecular weight excluding hydrogens is 399 g/mol. The topological polar surface area (TPSA) is 93.1 Å². The maximum Gasteiger partial charge on any atom is 0.272 e. The second kappa shape index (κ2) is 9.80. The van der Waals surface area contributed by atoms with Crippen molar-refractivity contribution in [2.45, 2.75) is 26.8 Å². The molecule has 1 atom stereocenters. The van der Waals surface area contributed by atoms with Crippen LogP contribution in [0, 0.1) is 11.7 Å². The summed E-state index contributed by atoms with van der Waals surface area (Å²) in [6, 6.07) is 15.0. The molecule has 1 unspecified atom stereocenters. The van der Waals surface area contributed by atoms with Gasteiger partial charge in [-0.15, -0.1) is 0 Å². The largest absolute Gasteiger partial charge is 0.347 e. The Morgan fingerprint density at radius 2 is 1.84 bits per heavy atom. The molecular formula is C23H23FN4O3. The van der Waals surface area contributed by atoms with E-state index in [9.17, 15) is 18.8 Å². The minimum Gasteiger partial charge on any atom is -0.347 e. The highest BCUT2D eigenvalue weighted by molar-refractivity contribution is 5.93. The number of benzene rings is 2. The molecule has 1 heterocycles. The summed E-state index contributed by atoms with van der Waals surface area (Å²) in [6.45, 7) is 4.02. The summed E-state index contributed by atoms with van der Waals surface area (Å²) in [7, 11) is 0. The fourth-order valence-corrected chi connectivity index (χ4v) is 2.78. The van der Waals surface area contributed by atoms with Crippen molar-refractivity contribution in [2.75, 3.05) is 5.32 Å². The van der Waals surface area contributed by atoms with E-state index in [-0.39, 0.29) is 24.1 Å². The number of nitrogens with one attached hydrogen (secondary N) is 2. The molecule has 3 rings (SSSR count). The lowest BCUT2D eigenvalue weighted by molar-refractivity contribution is -0.119. The van der Waals surface area contributed by atoms with Crippen LogP contribution >= 0.6 is 0 Å². The molecule has 0 saturated carbocycles. The molecule has 0 aliphatic rings. The summed E-state index contributed by atoms with van der Waals surface area (Å²) in [4.78, 5) is 36.7. The third-order valence-corrected chi connectivity index (χ3v) is 4.81. The van der Waals surface area contributed by atoms with E-state index in [1.54, 1.807) is 18.2 Å². The molecule has 0 saturated heterocycles. The van der Waals surface area contributed by atoms with Crippen LogP contribution in [0.3, 0.4) is 0 Å². The zero-order valence-corrected chi connectivity index (χ0v) is 17.3. The number of carbonyl (C=O) groups is 2. The van der Waals surface area contributed by atoms with E-state index in [0.717, 1.165) is 16.7 Å². The quantitative estimate of drug-likeness (QED) is 0.611. The van der Waals surface area contributed by atoms with Gasteiger partial charge in [-0.25, -0.2) is 4.39 Å². The molecule has 31 heavy (non-hydrogen) atoms. The SMILES string of the molecule is CCC(C)C(=O)Nc1cccc(CNC(=O)c2ccc(=O)n(-c3ccc(F)cc3)n2)c1. The zero-order chi connectivity index (χ0) is 22.4. The Labute approximate surface area is 178 Å². The van der Waals surface area contributed by atoms with Gasteiger partial charge in [0.1, 0.15) is 11.5 Å². The van der Waals surface area contributed by atoms with Gasteiger partial charge >= 0.3 is 0 Å². The molecule has 0 aliphatic heterocycles. The summed E-state index contributed by atoms with van der Waals surface area (Å²) in [5.41, 5.74) is 1.41. The Hall–Kier alpha value is -3.81. The van der Waals surface area contributed by atoms with Crippen molar-refractivity contribution in [3.05, 3.63) is 88.1 Å². The van der Waals surface area contributed by atoms with Gasteiger partial charge in [-0.3, -0.25) is 14.4 Å². The fraction of sp³-hybridized carbons (Fsp3) is 0.217. The molecule has 0 radical (unpaired) electrons. The lowest BCUT2D eigenvalue weighted by Crippen LogP contribution is -2.28. The summed E-state index contributed by atoms with van der Waals surface area (Å²) in [5.74, 6) is -1.06. The van der Waals surface area contributed by atoms with Gasteiger partial charge in [-0.1, -0.05) is 26.0 Å². The lowest BCUT2D eigenvalue weighted by Gasteiger charge is -2.12. The monoisotopic (exact) mass is 422 g/mol. The first kappa shape index (κ1) is 21.9. The molecule has 2 aromatic carbocycles. The maximum absolute atomic E-state index is 13.1. The number of carbonyl (C=O) groups excluding carboxylic acids is 2. The standard InChI is InChI=1S/C23H23FN4O3/c1-3-15(2)22(30)26-18-6-4-5-16(13-18)14-25-23(31)20-11-12-21(29)28(27-20)19-9-7-17(24)8-10-19/h4-13,15H,3,14H2,1-2H3,(H,25,31)(H,26,30). The first-order valence-electron chi connectivity index (χ1n) is 9.91. The third kappa shape index (κ3) is 5.63. The number of hydrogen-bond acceptors (Lipinski definition) is 4. The van der Waals surface area contributed by atoms with Crippen LogP contribution in [0.1, 0.15) is 36.3 Å². The van der Waals surface area contributed by atoms with Crippen LogP contribution in [-0.4, -0.2) is 21.6 Å². The van der Waals surface area contributed by atoms with Crippen LogP contribution in [-0.2, 0) is 11.3 Å². The molecule has 0 aliphatic carbocycles. The molecule has 1 aromatic heterocycles. The van der Waals surface area contributed by atoms with Gasteiger partial charge in [0, 0.05) is 24.2 Å². The van der Waals surface area contributed by atoms with E-state index in [2.05, 4.69) is 15.7 Å². The van der Waals surface area contributed by atoms with Gasteiger partial charge in [0.05, 0.1) is 5.69 Å². The Morgan fingerprint density at radius 1 is 1.10 bits per heavy atom. The third-order valence-electron chi connectivity index (χ3n) is 4.81. The maximum atomic E-state index is 13.1. The molecule has 8 heteroatoms. The highest BCUT2D eigenvalue weighted by Gasteiger charge is 2.12. The van der Waals surface area contributed by atoms with Gasteiger partial charge in [0.25, 0.3) is 11.5 Å². The summed E-state index contributed by atoms with van der Waals surface area (Å²) >= 11 is 0. The lowest BCUT2D eigenvalue weighted by atomic mass is 10.1. The van der Waals surface area contributed by atoms with E-state index in [1.165, 1.54) is 36.4 Å². The Bertz CT molecular complexity index is 1140. The predicted molar refractivity (Wildman–Crippen MR) is 115 cm³/mol. The Kier molecular flexibility index (Phi) is 6.92. The number of amides is 2. The average molecular weight is 422 g/mol. The second-order valence-electron chi connectivity index (χ2n) is 7.13. The highest BCUT2D eigenvalue weighted by atomic mass is 19.1. The van der Waals surface area contributed by atoms with Crippen molar-refractivity contribution in [1.29, 1.82) is 0 Å². The molecule has 0 bridgehead atoms. The fourth-order valence-electron chi connectivity index (χ4n) is 2.78. The van der Waals surface area contributed by atoms with Gasteiger partial charge in [0.2, 0.25) is 5.91 Å². The smallest absolute Gasteiger partial charge is 0.272 e. The number of anilines is 1. The van der Waals surface area contributed by atoms with Crippen LogP contribution < -0.4 is 16.2 Å². The summed E-state index contributed by atoms with van der Waals surface area (Å²) in [6.07, 6.45) is 0.745. The number of halogens is 1. The van der Waals surface area contributed by atoms with E-state index >= 15 is 0 Å². The van der Waals surface area contributed by atoms with Crippen LogP contribution in [0.5, 0.6) is 0 Å². The number of rotatable bonds is 7. The first-order valence-corrected chi connectivity index (χ1v) is 9.91. The van der Waals surface area contributed by atoms with E-state index in [4.69, 9.17) is 0 Å². The van der Waals surface area contributed by atoms with Gasteiger partial charge in [-0.2, -0.15) is 9.78 Å². The van der Waals surface area contributed by atoms with Crippen LogP contribution in [0.25, 0.3) is 5.69 Å². The number of nitrogens with zero attached hydrogens (tertiary/aromatic N) is 2. The zero-order valence-electron chi connectivity index (χ0n) is 17.3. The second-order valence-corrected chi connectivity index (χ2v) is 7.13. The van der Waals surface area contributed by atoms with Gasteiger partial charge in [-0.05, 0) is 54.4 Å².